The van der Waals surface area contributed by atoms with Crippen LogP contribution in [0.15, 0.2) is 47.4 Å². The Bertz CT molecular complexity index is 2590. The van der Waals surface area contributed by atoms with Gasteiger partial charge >= 0.3 is 0 Å². The van der Waals surface area contributed by atoms with E-state index < -0.39 is 11.9 Å². The molecule has 4 fully saturated rings. The maximum absolute atomic E-state index is 13.3. The molecule has 4 aliphatic heterocycles. The highest BCUT2D eigenvalue weighted by molar-refractivity contribution is 6.34. The van der Waals surface area contributed by atoms with Gasteiger partial charge in [0, 0.05) is 86.9 Å². The molecule has 2 aromatic carbocycles. The van der Waals surface area contributed by atoms with Gasteiger partial charge in [-0.3, -0.25) is 34.2 Å². The van der Waals surface area contributed by atoms with E-state index in [-0.39, 0.29) is 66.2 Å². The van der Waals surface area contributed by atoms with Crippen LogP contribution in [0.25, 0.3) is 10.9 Å². The predicted octanol–water partition coefficient (Wildman–Crippen LogP) is 6.27. The van der Waals surface area contributed by atoms with Crippen molar-refractivity contribution < 1.29 is 28.7 Å². The summed E-state index contributed by atoms with van der Waals surface area (Å²) < 4.78 is 14.0. The van der Waals surface area contributed by atoms with E-state index in [1.54, 1.807) is 34.7 Å². The van der Waals surface area contributed by atoms with Crippen LogP contribution in [0.3, 0.4) is 0 Å². The minimum atomic E-state index is -0.663. The number of nitrogens with one attached hydrogen (secondary N) is 2. The molecule has 3 saturated heterocycles. The first-order valence-electron chi connectivity index (χ1n) is 22.8. The molecule has 2 aromatic heterocycles. The predicted molar refractivity (Wildman–Crippen MR) is 249 cm³/mol. The highest BCUT2D eigenvalue weighted by atomic mass is 35.5. The lowest BCUT2D eigenvalue weighted by molar-refractivity contribution is -0.137. The molecule has 6 heterocycles. The summed E-state index contributed by atoms with van der Waals surface area (Å²) >= 11 is 13.5. The molecule has 1 saturated carbocycles. The molecule has 0 unspecified atom stereocenters. The van der Waals surface area contributed by atoms with E-state index in [2.05, 4.69) is 37.2 Å². The Morgan fingerprint density at radius 1 is 0.954 bits per heavy atom. The lowest BCUT2D eigenvalue weighted by Crippen LogP contribution is -2.59. The third-order valence-electron chi connectivity index (χ3n) is 13.6. The van der Waals surface area contributed by atoms with Crippen LogP contribution in [0, 0.1) is 0 Å². The first-order chi connectivity index (χ1) is 31.2. The molecule has 9 rings (SSSR count). The molecule has 2 atom stereocenters. The number of piperazine rings is 1. The molecule has 0 radical (unpaired) electrons. The second kappa shape index (κ2) is 18.5. The standard InChI is InChI=1S/C47H55Cl2N9O7/c1-5-32(59)25-64-41-18-28-16-30(6-7-38(28)58(26(2)3)46(41)63)51-43-37(49)22-50-47(53-43)54-12-10-33(11-13-54)65-34-19-31(20-34)55-14-15-56(27(4)23-55)40-17-29-24-57(45(62)35(29)21-36(40)48)39-8-9-42(60)52-44(39)61/h6-7,16-18,21-22,26-27,31,33-34,39H,5,8-15,19-20,23-25H2,1-4H3,(H,50,51,53)(H,52,60,61)/t27-,31?,34?,39+/m1/s1. The van der Waals surface area contributed by atoms with E-state index in [9.17, 15) is 24.0 Å². The molecule has 0 bridgehead atoms. The maximum Gasteiger partial charge on any atom is 0.293 e. The average molecular weight is 929 g/mol. The molecule has 18 heteroatoms. The fourth-order valence-electron chi connectivity index (χ4n) is 9.89. The van der Waals surface area contributed by atoms with Crippen LogP contribution in [0.1, 0.15) is 94.6 Å². The number of piperidine rings is 2. The number of halogens is 2. The van der Waals surface area contributed by atoms with Gasteiger partial charge in [0.25, 0.3) is 11.5 Å². The normalized spacial score (nSPS) is 22.9. The average Bonchev–Trinajstić information content (AvgIpc) is 3.58. The number of aromatic nitrogens is 3. The first-order valence-corrected chi connectivity index (χ1v) is 23.5. The van der Waals surface area contributed by atoms with Crippen molar-refractivity contribution in [3.63, 3.8) is 0 Å². The highest BCUT2D eigenvalue weighted by Crippen LogP contribution is 2.39. The second-order valence-electron chi connectivity index (χ2n) is 18.2. The lowest BCUT2D eigenvalue weighted by Gasteiger charge is -2.50. The number of pyridine rings is 1. The minimum absolute atomic E-state index is 0.0847. The van der Waals surface area contributed by atoms with E-state index in [4.69, 9.17) is 37.7 Å². The van der Waals surface area contributed by atoms with Gasteiger partial charge in [0.05, 0.1) is 34.6 Å². The van der Waals surface area contributed by atoms with Crippen molar-refractivity contribution in [3.05, 3.63) is 74.1 Å². The summed E-state index contributed by atoms with van der Waals surface area (Å²) in [7, 11) is 0. The van der Waals surface area contributed by atoms with Gasteiger partial charge in [-0.15, -0.1) is 0 Å². The molecule has 3 amide bonds. The smallest absolute Gasteiger partial charge is 0.293 e. The van der Waals surface area contributed by atoms with Crippen LogP contribution < -0.4 is 30.7 Å². The minimum Gasteiger partial charge on any atom is -0.480 e. The van der Waals surface area contributed by atoms with Gasteiger partial charge < -0.3 is 34.1 Å². The topological polar surface area (TPSA) is 172 Å². The Morgan fingerprint density at radius 2 is 1.74 bits per heavy atom. The number of rotatable bonds is 13. The van der Waals surface area contributed by atoms with Crippen LogP contribution >= 0.6 is 23.2 Å². The number of carbonyl (C=O) groups excluding carboxylic acids is 4. The van der Waals surface area contributed by atoms with E-state index in [0.29, 0.717) is 52.8 Å². The SMILES string of the molecule is CCC(=O)COc1cc2cc(Nc3nc(N4CCC(OC5CC(N6CCN(c7cc8c(cc7Cl)C(=O)N([C@H]7CCC(=O)NC7=O)C8)[C@H](C)C6)C5)CC4)ncc3Cl)ccc2n(C(C)C)c1=O. The van der Waals surface area contributed by atoms with E-state index >= 15 is 0 Å². The number of imide groups is 1. The van der Waals surface area contributed by atoms with Gasteiger partial charge in [0.2, 0.25) is 17.8 Å². The number of hydrogen-bond acceptors (Lipinski definition) is 13. The molecule has 4 aromatic rings. The van der Waals surface area contributed by atoms with Crippen molar-refractivity contribution in [3.8, 4) is 5.75 Å². The van der Waals surface area contributed by atoms with Crippen molar-refractivity contribution in [1.82, 2.24) is 29.7 Å². The third-order valence-corrected chi connectivity index (χ3v) is 14.1. The third kappa shape index (κ3) is 9.14. The van der Waals surface area contributed by atoms with Crippen molar-refractivity contribution in [1.29, 1.82) is 0 Å². The van der Waals surface area contributed by atoms with E-state index in [0.717, 1.165) is 86.2 Å². The Hall–Kier alpha value is -5.29. The Balaban J connectivity index is 0.756. The van der Waals surface area contributed by atoms with Gasteiger partial charge in [-0.1, -0.05) is 30.1 Å². The zero-order chi connectivity index (χ0) is 45.7. The molecular formula is C47H55Cl2N9O7. The van der Waals surface area contributed by atoms with Gasteiger partial charge in [-0.05, 0) is 94.8 Å². The summed E-state index contributed by atoms with van der Waals surface area (Å²) in [6.45, 7) is 12.1. The number of amides is 3. The van der Waals surface area contributed by atoms with Crippen molar-refractivity contribution >= 4 is 80.8 Å². The number of ketones is 1. The van der Waals surface area contributed by atoms with Gasteiger partial charge in [0.15, 0.2) is 17.4 Å². The molecular weight excluding hydrogens is 873 g/mol. The van der Waals surface area contributed by atoms with Gasteiger partial charge in [0.1, 0.15) is 17.7 Å². The Labute approximate surface area is 387 Å². The van der Waals surface area contributed by atoms with Crippen LogP contribution in [-0.2, 0) is 25.7 Å². The van der Waals surface area contributed by atoms with Gasteiger partial charge in [-0.2, -0.15) is 4.98 Å². The highest BCUT2D eigenvalue weighted by Gasteiger charge is 2.42. The summed E-state index contributed by atoms with van der Waals surface area (Å²) in [5.41, 5.74) is 3.47. The van der Waals surface area contributed by atoms with Crippen molar-refractivity contribution in [2.45, 2.75) is 116 Å². The summed E-state index contributed by atoms with van der Waals surface area (Å²) in [5.74, 6) is 0.148. The van der Waals surface area contributed by atoms with E-state index in [1.165, 1.54) is 0 Å². The molecule has 344 valence electrons. The van der Waals surface area contributed by atoms with Gasteiger partial charge in [-0.25, -0.2) is 4.98 Å². The monoisotopic (exact) mass is 927 g/mol. The largest absolute Gasteiger partial charge is 0.480 e. The summed E-state index contributed by atoms with van der Waals surface area (Å²) in [6.07, 6.45) is 6.58. The number of anilines is 4. The number of hydrogen-bond donors (Lipinski definition) is 2. The number of carbonyl (C=O) groups is 4. The summed E-state index contributed by atoms with van der Waals surface area (Å²) in [5, 5.41) is 7.38. The van der Waals surface area contributed by atoms with Crippen LogP contribution in [0.2, 0.25) is 10.0 Å². The zero-order valence-electron chi connectivity index (χ0n) is 37.1. The Morgan fingerprint density at radius 3 is 2.46 bits per heavy atom. The zero-order valence-corrected chi connectivity index (χ0v) is 38.7. The molecule has 0 spiro atoms. The quantitative estimate of drug-likeness (QED) is 0.144. The van der Waals surface area contributed by atoms with Crippen LogP contribution in [0.5, 0.6) is 5.75 Å². The number of fused-ring (bicyclic) bond motifs is 2. The maximum atomic E-state index is 13.3. The fraction of sp³-hybridized carbons (Fsp3) is 0.511. The number of benzene rings is 2. The van der Waals surface area contributed by atoms with Crippen molar-refractivity contribution in [2.24, 2.45) is 0 Å². The molecule has 1 aliphatic carbocycles. The lowest BCUT2D eigenvalue weighted by atomic mass is 9.86. The summed E-state index contributed by atoms with van der Waals surface area (Å²) in [6, 6.07) is 11.0. The van der Waals surface area contributed by atoms with E-state index in [1.807, 2.05) is 38.1 Å². The van der Waals surface area contributed by atoms with Crippen LogP contribution in [0.4, 0.5) is 23.1 Å². The number of Topliss-reactive ketones (excluding diaryl/α,β-unsaturated/α-hetero) is 1. The molecule has 16 nitrogen and oxygen atoms in total. The molecule has 5 aliphatic rings. The number of nitrogens with zero attached hydrogens (tertiary/aromatic N) is 7. The van der Waals surface area contributed by atoms with Crippen molar-refractivity contribution in [2.75, 3.05) is 54.4 Å². The van der Waals surface area contributed by atoms with Crippen LogP contribution in [-0.4, -0.2) is 118 Å². The second-order valence-corrected chi connectivity index (χ2v) is 19.0. The summed E-state index contributed by atoms with van der Waals surface area (Å²) in [4.78, 5) is 80.8. The molecule has 2 N–H and O–H groups in total. The molecule has 65 heavy (non-hydrogen) atoms. The Kier molecular flexibility index (Phi) is 12.8. The first kappa shape index (κ1) is 44.9. The fourth-order valence-corrected chi connectivity index (χ4v) is 10.3. The number of ether oxygens (including phenoxy) is 2.